The normalized spacial score (nSPS) is 18.5. The van der Waals surface area contributed by atoms with E-state index in [9.17, 15) is 8.42 Å². The lowest BCUT2D eigenvalue weighted by Gasteiger charge is -2.23. The van der Waals surface area contributed by atoms with Gasteiger partial charge in [0, 0.05) is 18.9 Å². The molecule has 1 atom stereocenters. The second kappa shape index (κ2) is 5.35. The van der Waals surface area contributed by atoms with Crippen LogP contribution in [0.15, 0.2) is 10.4 Å². The van der Waals surface area contributed by atoms with E-state index in [0.29, 0.717) is 11.7 Å². The molecule has 10 heteroatoms. The van der Waals surface area contributed by atoms with Gasteiger partial charge in [-0.1, -0.05) is 18.3 Å². The number of nitrogens with two attached hydrogens (primary N) is 1. The molecule has 1 unspecified atom stereocenters. The largest absolute Gasteiger partial charge is 0.357 e. The number of thiazole rings is 1. The van der Waals surface area contributed by atoms with Gasteiger partial charge in [0.25, 0.3) is 0 Å². The molecule has 0 saturated carbocycles. The standard InChI is InChI=1S/C11H16N6O2S2/c1-2-8-15-9-4-3-7(6-17(9)16-8)14-11-13-5-10(20-11)21(12,18)19/h5,7H,2-4,6H2,1H3,(H,13,14)(H2,12,18,19). The molecular weight excluding hydrogens is 312 g/mol. The minimum absolute atomic E-state index is 0.0653. The van der Waals surface area contributed by atoms with Crippen molar-refractivity contribution in [2.45, 2.75) is 43.0 Å². The number of rotatable bonds is 4. The van der Waals surface area contributed by atoms with Gasteiger partial charge in [0.05, 0.1) is 12.7 Å². The Kier molecular flexibility index (Phi) is 3.68. The summed E-state index contributed by atoms with van der Waals surface area (Å²) in [6, 6.07) is 0.156. The van der Waals surface area contributed by atoms with E-state index in [1.54, 1.807) is 0 Å². The molecule has 2 aromatic rings. The molecule has 1 aliphatic heterocycles. The fourth-order valence-corrected chi connectivity index (χ4v) is 3.79. The number of anilines is 1. The third-order valence-electron chi connectivity index (χ3n) is 3.31. The molecule has 0 fully saturated rings. The number of sulfonamides is 1. The van der Waals surface area contributed by atoms with Crippen LogP contribution in [0.5, 0.6) is 0 Å². The highest BCUT2D eigenvalue weighted by molar-refractivity contribution is 7.91. The molecule has 0 aliphatic carbocycles. The highest BCUT2D eigenvalue weighted by atomic mass is 32.2. The number of aryl methyl sites for hydroxylation is 2. The van der Waals surface area contributed by atoms with Crippen LogP contribution in [0, 0.1) is 0 Å². The van der Waals surface area contributed by atoms with E-state index in [0.717, 1.165) is 42.2 Å². The van der Waals surface area contributed by atoms with Crippen LogP contribution >= 0.6 is 11.3 Å². The van der Waals surface area contributed by atoms with E-state index in [4.69, 9.17) is 5.14 Å². The first kappa shape index (κ1) is 14.4. The summed E-state index contributed by atoms with van der Waals surface area (Å²) >= 11 is 1.04. The molecule has 3 rings (SSSR count). The second-order valence-electron chi connectivity index (χ2n) is 4.89. The Morgan fingerprint density at radius 2 is 2.38 bits per heavy atom. The first-order valence-corrected chi connectivity index (χ1v) is 8.99. The Morgan fingerprint density at radius 3 is 3.05 bits per heavy atom. The van der Waals surface area contributed by atoms with Gasteiger partial charge in [0.15, 0.2) is 15.2 Å². The smallest absolute Gasteiger partial charge is 0.249 e. The van der Waals surface area contributed by atoms with E-state index in [2.05, 4.69) is 20.4 Å². The van der Waals surface area contributed by atoms with Crippen molar-refractivity contribution in [2.75, 3.05) is 5.32 Å². The van der Waals surface area contributed by atoms with Gasteiger partial charge < -0.3 is 5.32 Å². The Bertz CT molecular complexity index is 751. The molecule has 3 heterocycles. The molecule has 3 N–H and O–H groups in total. The molecule has 0 aromatic carbocycles. The van der Waals surface area contributed by atoms with Gasteiger partial charge in [-0.15, -0.1) is 0 Å². The summed E-state index contributed by atoms with van der Waals surface area (Å²) in [7, 11) is -3.68. The van der Waals surface area contributed by atoms with Crippen molar-refractivity contribution in [3.8, 4) is 0 Å². The highest BCUT2D eigenvalue weighted by Gasteiger charge is 2.22. The molecule has 0 spiro atoms. The third kappa shape index (κ3) is 3.06. The summed E-state index contributed by atoms with van der Waals surface area (Å²) in [5, 5.41) is 13.3. The van der Waals surface area contributed by atoms with Crippen LogP contribution in [-0.2, 0) is 29.4 Å². The van der Waals surface area contributed by atoms with E-state index in [-0.39, 0.29) is 10.3 Å². The van der Waals surface area contributed by atoms with Crippen molar-refractivity contribution in [1.29, 1.82) is 0 Å². The lowest BCUT2D eigenvalue weighted by Crippen LogP contribution is -2.31. The zero-order valence-electron chi connectivity index (χ0n) is 11.5. The minimum Gasteiger partial charge on any atom is -0.357 e. The van der Waals surface area contributed by atoms with Gasteiger partial charge in [-0.25, -0.2) is 28.2 Å². The Morgan fingerprint density at radius 1 is 1.57 bits per heavy atom. The van der Waals surface area contributed by atoms with Gasteiger partial charge in [0.2, 0.25) is 10.0 Å². The minimum atomic E-state index is -3.68. The average Bonchev–Trinajstić information content (AvgIpc) is 3.03. The summed E-state index contributed by atoms with van der Waals surface area (Å²) < 4.78 is 24.4. The van der Waals surface area contributed by atoms with Crippen LogP contribution in [0.1, 0.15) is 25.0 Å². The Hall–Kier alpha value is -1.52. The number of nitrogens with zero attached hydrogens (tertiary/aromatic N) is 4. The van der Waals surface area contributed by atoms with Crippen molar-refractivity contribution < 1.29 is 8.42 Å². The summed E-state index contributed by atoms with van der Waals surface area (Å²) in [6.45, 7) is 2.73. The Balaban J connectivity index is 1.71. The molecule has 21 heavy (non-hydrogen) atoms. The lowest BCUT2D eigenvalue weighted by molar-refractivity contribution is 0.440. The van der Waals surface area contributed by atoms with Crippen molar-refractivity contribution in [3.05, 3.63) is 17.8 Å². The first-order valence-electron chi connectivity index (χ1n) is 6.63. The van der Waals surface area contributed by atoms with Crippen molar-refractivity contribution in [3.63, 3.8) is 0 Å². The fraction of sp³-hybridized carbons (Fsp3) is 0.545. The van der Waals surface area contributed by atoms with E-state index < -0.39 is 10.0 Å². The first-order chi connectivity index (χ1) is 9.95. The van der Waals surface area contributed by atoms with Crippen LogP contribution in [0.4, 0.5) is 5.13 Å². The number of aromatic nitrogens is 4. The zero-order valence-corrected chi connectivity index (χ0v) is 13.1. The van der Waals surface area contributed by atoms with Crippen LogP contribution in [0.3, 0.4) is 0 Å². The maximum Gasteiger partial charge on any atom is 0.249 e. The Labute approximate surface area is 126 Å². The number of primary sulfonamides is 1. The van der Waals surface area contributed by atoms with Gasteiger partial charge in [0.1, 0.15) is 5.82 Å². The number of nitrogens with one attached hydrogen (secondary N) is 1. The van der Waals surface area contributed by atoms with Crippen molar-refractivity contribution in [1.82, 2.24) is 19.7 Å². The highest BCUT2D eigenvalue weighted by Crippen LogP contribution is 2.24. The number of hydrogen-bond acceptors (Lipinski definition) is 7. The molecule has 0 bridgehead atoms. The number of hydrogen-bond donors (Lipinski definition) is 2. The summed E-state index contributed by atoms with van der Waals surface area (Å²) in [4.78, 5) is 8.52. The predicted molar refractivity (Wildman–Crippen MR) is 78.6 cm³/mol. The molecular formula is C11H16N6O2S2. The molecule has 0 saturated heterocycles. The topological polar surface area (TPSA) is 116 Å². The van der Waals surface area contributed by atoms with Crippen LogP contribution in [-0.4, -0.2) is 34.2 Å². The molecule has 1 aliphatic rings. The SMILES string of the molecule is CCc1nc2n(n1)CC(Nc1ncc(S(N)(=O)=O)s1)CC2. The van der Waals surface area contributed by atoms with Crippen LogP contribution < -0.4 is 10.5 Å². The van der Waals surface area contributed by atoms with Crippen LogP contribution in [0.2, 0.25) is 0 Å². The fourth-order valence-electron chi connectivity index (χ4n) is 2.26. The zero-order chi connectivity index (χ0) is 15.0. The van der Waals surface area contributed by atoms with E-state index in [1.165, 1.54) is 6.20 Å². The van der Waals surface area contributed by atoms with Crippen molar-refractivity contribution in [2.24, 2.45) is 5.14 Å². The van der Waals surface area contributed by atoms with Gasteiger partial charge >= 0.3 is 0 Å². The van der Waals surface area contributed by atoms with Crippen molar-refractivity contribution >= 4 is 26.5 Å². The molecule has 114 valence electrons. The maximum atomic E-state index is 11.2. The summed E-state index contributed by atoms with van der Waals surface area (Å²) in [5.41, 5.74) is 0. The monoisotopic (exact) mass is 328 g/mol. The number of fused-ring (bicyclic) bond motifs is 1. The molecule has 0 amide bonds. The molecule has 2 aromatic heterocycles. The average molecular weight is 328 g/mol. The van der Waals surface area contributed by atoms with E-state index >= 15 is 0 Å². The van der Waals surface area contributed by atoms with Gasteiger partial charge in [-0.05, 0) is 6.42 Å². The maximum absolute atomic E-state index is 11.2. The third-order valence-corrected chi connectivity index (χ3v) is 5.65. The van der Waals surface area contributed by atoms with E-state index in [1.807, 2.05) is 11.6 Å². The summed E-state index contributed by atoms with van der Waals surface area (Å²) in [6.07, 6.45) is 3.85. The molecule has 8 nitrogen and oxygen atoms in total. The van der Waals surface area contributed by atoms with Gasteiger partial charge in [-0.3, -0.25) is 0 Å². The second-order valence-corrected chi connectivity index (χ2v) is 7.71. The lowest BCUT2D eigenvalue weighted by atomic mass is 10.1. The molecule has 0 radical (unpaired) electrons. The summed E-state index contributed by atoms with van der Waals surface area (Å²) in [5.74, 6) is 1.87. The quantitative estimate of drug-likeness (QED) is 0.838. The van der Waals surface area contributed by atoms with Crippen LogP contribution in [0.25, 0.3) is 0 Å². The van der Waals surface area contributed by atoms with Gasteiger partial charge in [-0.2, -0.15) is 5.10 Å². The predicted octanol–water partition coefficient (Wildman–Crippen LogP) is 0.371.